The lowest BCUT2D eigenvalue weighted by Gasteiger charge is -2.05. The molecule has 3 nitrogen and oxygen atoms in total. The minimum Gasteiger partial charge on any atom is -0.256 e. The van der Waals surface area contributed by atoms with Crippen LogP contribution in [-0.4, -0.2) is 15.0 Å². The molecule has 0 aliphatic heterocycles. The van der Waals surface area contributed by atoms with Gasteiger partial charge in [-0.2, -0.15) is 0 Å². The Morgan fingerprint density at radius 3 is 2.45 bits per heavy atom. The Kier molecular flexibility index (Phi) is 3.25. The molecule has 0 saturated carbocycles. The molecule has 0 unspecified atom stereocenters. The molecular weight excluding hydrogens is 246 g/mol. The standard InChI is InChI=1S/C17H15N3/c1-12-6-7-16(19-11-12)14-4-3-5-15(10-14)17-18-9-8-13(2)20-17/h3-11H,1-2H3. The van der Waals surface area contributed by atoms with Gasteiger partial charge in [0.25, 0.3) is 0 Å². The van der Waals surface area contributed by atoms with Gasteiger partial charge >= 0.3 is 0 Å². The highest BCUT2D eigenvalue weighted by Gasteiger charge is 2.04. The van der Waals surface area contributed by atoms with Crippen molar-refractivity contribution in [3.63, 3.8) is 0 Å². The molecule has 0 aliphatic rings. The van der Waals surface area contributed by atoms with Crippen LogP contribution in [0.5, 0.6) is 0 Å². The van der Waals surface area contributed by atoms with E-state index in [1.807, 2.05) is 44.3 Å². The molecule has 3 rings (SSSR count). The maximum atomic E-state index is 4.46. The molecule has 0 amide bonds. The van der Waals surface area contributed by atoms with Gasteiger partial charge in [-0.3, -0.25) is 4.98 Å². The molecule has 20 heavy (non-hydrogen) atoms. The number of benzene rings is 1. The lowest BCUT2D eigenvalue weighted by molar-refractivity contribution is 1.11. The lowest BCUT2D eigenvalue weighted by Crippen LogP contribution is -1.91. The topological polar surface area (TPSA) is 38.7 Å². The first-order chi connectivity index (χ1) is 9.72. The smallest absolute Gasteiger partial charge is 0.159 e. The monoisotopic (exact) mass is 261 g/mol. The van der Waals surface area contributed by atoms with Crippen molar-refractivity contribution in [2.75, 3.05) is 0 Å². The van der Waals surface area contributed by atoms with E-state index in [-0.39, 0.29) is 0 Å². The Morgan fingerprint density at radius 2 is 1.70 bits per heavy atom. The Bertz CT molecular complexity index is 733. The third-order valence-electron chi connectivity index (χ3n) is 3.12. The van der Waals surface area contributed by atoms with E-state index in [4.69, 9.17) is 0 Å². The number of rotatable bonds is 2. The SMILES string of the molecule is Cc1ccc(-c2cccc(-c3nccc(C)n3)c2)nc1. The van der Waals surface area contributed by atoms with Crippen molar-refractivity contribution >= 4 is 0 Å². The van der Waals surface area contributed by atoms with Gasteiger partial charge in [0.05, 0.1) is 5.69 Å². The number of aromatic nitrogens is 3. The largest absolute Gasteiger partial charge is 0.256 e. The van der Waals surface area contributed by atoms with Crippen LogP contribution in [-0.2, 0) is 0 Å². The zero-order valence-electron chi connectivity index (χ0n) is 11.5. The van der Waals surface area contributed by atoms with Gasteiger partial charge in [-0.05, 0) is 37.6 Å². The average molecular weight is 261 g/mol. The summed E-state index contributed by atoms with van der Waals surface area (Å²) < 4.78 is 0. The number of hydrogen-bond donors (Lipinski definition) is 0. The van der Waals surface area contributed by atoms with E-state index in [1.165, 1.54) is 0 Å². The van der Waals surface area contributed by atoms with Crippen molar-refractivity contribution in [1.29, 1.82) is 0 Å². The van der Waals surface area contributed by atoms with Crippen LogP contribution in [0.3, 0.4) is 0 Å². The van der Waals surface area contributed by atoms with Crippen molar-refractivity contribution in [3.8, 4) is 22.6 Å². The highest BCUT2D eigenvalue weighted by atomic mass is 14.9. The second-order valence-electron chi connectivity index (χ2n) is 4.82. The summed E-state index contributed by atoms with van der Waals surface area (Å²) in [7, 11) is 0. The van der Waals surface area contributed by atoms with Crippen LogP contribution in [0.2, 0.25) is 0 Å². The molecule has 2 heterocycles. The Labute approximate surface area is 118 Å². The summed E-state index contributed by atoms with van der Waals surface area (Å²) in [5, 5.41) is 0. The predicted octanol–water partition coefficient (Wildman–Crippen LogP) is 3.82. The molecule has 98 valence electrons. The molecule has 0 atom stereocenters. The fourth-order valence-corrected chi connectivity index (χ4v) is 2.04. The van der Waals surface area contributed by atoms with Gasteiger partial charge in [-0.1, -0.05) is 24.3 Å². The van der Waals surface area contributed by atoms with Gasteiger partial charge < -0.3 is 0 Å². The van der Waals surface area contributed by atoms with Gasteiger partial charge in [0.2, 0.25) is 0 Å². The van der Waals surface area contributed by atoms with E-state index >= 15 is 0 Å². The highest BCUT2D eigenvalue weighted by molar-refractivity contribution is 5.67. The second kappa shape index (κ2) is 5.21. The number of pyridine rings is 1. The zero-order chi connectivity index (χ0) is 13.9. The van der Waals surface area contributed by atoms with E-state index in [2.05, 4.69) is 33.2 Å². The maximum Gasteiger partial charge on any atom is 0.159 e. The molecular formula is C17H15N3. The fraction of sp³-hybridized carbons (Fsp3) is 0.118. The van der Waals surface area contributed by atoms with Crippen LogP contribution >= 0.6 is 0 Å². The van der Waals surface area contributed by atoms with Crippen molar-refractivity contribution in [2.45, 2.75) is 13.8 Å². The van der Waals surface area contributed by atoms with Crippen LogP contribution in [0.1, 0.15) is 11.3 Å². The maximum absolute atomic E-state index is 4.46. The normalized spacial score (nSPS) is 10.5. The van der Waals surface area contributed by atoms with Crippen LogP contribution in [0.4, 0.5) is 0 Å². The van der Waals surface area contributed by atoms with Crippen molar-refractivity contribution < 1.29 is 0 Å². The van der Waals surface area contributed by atoms with E-state index in [0.717, 1.165) is 33.9 Å². The molecule has 0 bridgehead atoms. The van der Waals surface area contributed by atoms with E-state index in [0.29, 0.717) is 0 Å². The molecule has 0 spiro atoms. The molecule has 0 saturated heterocycles. The van der Waals surface area contributed by atoms with Crippen molar-refractivity contribution in [1.82, 2.24) is 15.0 Å². The van der Waals surface area contributed by atoms with E-state index in [1.54, 1.807) is 6.20 Å². The number of aryl methyl sites for hydroxylation is 2. The molecule has 1 aromatic carbocycles. The van der Waals surface area contributed by atoms with E-state index < -0.39 is 0 Å². The second-order valence-corrected chi connectivity index (χ2v) is 4.82. The Hall–Kier alpha value is -2.55. The van der Waals surface area contributed by atoms with E-state index in [9.17, 15) is 0 Å². The number of hydrogen-bond acceptors (Lipinski definition) is 3. The number of nitrogens with zero attached hydrogens (tertiary/aromatic N) is 3. The summed E-state index contributed by atoms with van der Waals surface area (Å²) in [6, 6.07) is 14.2. The minimum absolute atomic E-state index is 0.749. The zero-order valence-corrected chi connectivity index (χ0v) is 11.5. The van der Waals surface area contributed by atoms with Crippen LogP contribution in [0.15, 0.2) is 54.9 Å². The van der Waals surface area contributed by atoms with Crippen LogP contribution < -0.4 is 0 Å². The van der Waals surface area contributed by atoms with Gasteiger partial charge in [-0.15, -0.1) is 0 Å². The molecule has 0 N–H and O–H groups in total. The van der Waals surface area contributed by atoms with Gasteiger partial charge in [0.1, 0.15) is 0 Å². The van der Waals surface area contributed by atoms with Gasteiger partial charge in [0.15, 0.2) is 5.82 Å². The summed E-state index contributed by atoms with van der Waals surface area (Å²) in [4.78, 5) is 13.2. The minimum atomic E-state index is 0.749. The van der Waals surface area contributed by atoms with Crippen molar-refractivity contribution in [2.24, 2.45) is 0 Å². The first-order valence-corrected chi connectivity index (χ1v) is 6.55. The molecule has 2 aromatic heterocycles. The highest BCUT2D eigenvalue weighted by Crippen LogP contribution is 2.23. The molecule has 3 aromatic rings. The Morgan fingerprint density at radius 1 is 0.850 bits per heavy atom. The van der Waals surface area contributed by atoms with Crippen LogP contribution in [0.25, 0.3) is 22.6 Å². The lowest BCUT2D eigenvalue weighted by atomic mass is 10.1. The van der Waals surface area contributed by atoms with Crippen molar-refractivity contribution in [3.05, 3.63) is 66.1 Å². The third-order valence-corrected chi connectivity index (χ3v) is 3.12. The molecule has 0 aliphatic carbocycles. The molecule has 3 heteroatoms. The molecule has 0 fully saturated rings. The summed E-state index contributed by atoms with van der Waals surface area (Å²) in [5.41, 5.74) is 5.17. The third kappa shape index (κ3) is 2.57. The summed E-state index contributed by atoms with van der Waals surface area (Å²) in [5.74, 6) is 0.749. The molecule has 0 radical (unpaired) electrons. The predicted molar refractivity (Wildman–Crippen MR) is 80.2 cm³/mol. The fourth-order valence-electron chi connectivity index (χ4n) is 2.04. The summed E-state index contributed by atoms with van der Waals surface area (Å²) >= 11 is 0. The van der Waals surface area contributed by atoms with Gasteiger partial charge in [0, 0.05) is 29.2 Å². The van der Waals surface area contributed by atoms with Crippen LogP contribution in [0, 0.1) is 13.8 Å². The summed E-state index contributed by atoms with van der Waals surface area (Å²) in [6.45, 7) is 4.00. The van der Waals surface area contributed by atoms with Gasteiger partial charge in [-0.25, -0.2) is 9.97 Å². The first-order valence-electron chi connectivity index (χ1n) is 6.55. The quantitative estimate of drug-likeness (QED) is 0.704. The average Bonchev–Trinajstić information content (AvgIpc) is 2.48. The first kappa shape index (κ1) is 12.5. The summed E-state index contributed by atoms with van der Waals surface area (Å²) in [6.07, 6.45) is 3.67. The Balaban J connectivity index is 2.03.